The van der Waals surface area contributed by atoms with E-state index in [4.69, 9.17) is 4.74 Å². The van der Waals surface area contributed by atoms with E-state index in [0.29, 0.717) is 5.91 Å². The lowest BCUT2D eigenvalue weighted by atomic mass is 9.97. The fraction of sp³-hybridized carbons (Fsp3) is 0.650. The van der Waals surface area contributed by atoms with E-state index >= 15 is 0 Å². The monoisotopic (exact) mass is 332 g/mol. The number of hydrogen-bond donors (Lipinski definition) is 0. The number of hydrogen-bond acceptors (Lipinski definition) is 3. The number of benzene rings is 1. The molecule has 1 saturated heterocycles. The molecule has 0 saturated carbocycles. The Labute approximate surface area is 146 Å². The Balaban J connectivity index is 1.80. The van der Waals surface area contributed by atoms with Crippen molar-refractivity contribution in [1.82, 2.24) is 9.80 Å². The van der Waals surface area contributed by atoms with Crippen molar-refractivity contribution >= 4 is 5.91 Å². The Morgan fingerprint density at radius 2 is 1.79 bits per heavy atom. The van der Waals surface area contributed by atoms with Crippen molar-refractivity contribution in [2.24, 2.45) is 5.92 Å². The largest absolute Gasteiger partial charge is 0.497 e. The first-order chi connectivity index (χ1) is 11.7. The Hall–Kier alpha value is -1.55. The van der Waals surface area contributed by atoms with E-state index in [0.717, 1.165) is 57.7 Å². The molecule has 1 aliphatic rings. The van der Waals surface area contributed by atoms with Crippen LogP contribution in [0.1, 0.15) is 45.1 Å². The average Bonchev–Trinajstić information content (AvgIpc) is 2.63. The molecule has 1 atom stereocenters. The Bertz CT molecular complexity index is 493. The minimum Gasteiger partial charge on any atom is -0.497 e. The van der Waals surface area contributed by atoms with Crippen molar-refractivity contribution < 1.29 is 9.53 Å². The lowest BCUT2D eigenvalue weighted by Crippen LogP contribution is -2.49. The molecular formula is C20H32N2O2. The zero-order valence-electron chi connectivity index (χ0n) is 15.5. The minimum atomic E-state index is 0.220. The maximum Gasteiger partial charge on any atom is 0.225 e. The number of carbonyl (C=O) groups is 1. The second-order valence-corrected chi connectivity index (χ2v) is 6.70. The van der Waals surface area contributed by atoms with E-state index < -0.39 is 0 Å². The summed E-state index contributed by atoms with van der Waals surface area (Å²) in [4.78, 5) is 17.2. The van der Waals surface area contributed by atoms with Crippen LogP contribution < -0.4 is 4.74 Å². The van der Waals surface area contributed by atoms with Gasteiger partial charge in [0.05, 0.1) is 7.11 Å². The van der Waals surface area contributed by atoms with Gasteiger partial charge < -0.3 is 9.64 Å². The Kier molecular flexibility index (Phi) is 7.57. The summed E-state index contributed by atoms with van der Waals surface area (Å²) in [6.45, 7) is 8.91. The molecular weight excluding hydrogens is 300 g/mol. The van der Waals surface area contributed by atoms with Gasteiger partial charge in [0.2, 0.25) is 5.91 Å². The molecule has 1 aromatic carbocycles. The highest BCUT2D eigenvalue weighted by Crippen LogP contribution is 2.18. The van der Waals surface area contributed by atoms with Crippen LogP contribution in [0.4, 0.5) is 0 Å². The number of nitrogens with zero attached hydrogens (tertiary/aromatic N) is 2. The summed E-state index contributed by atoms with van der Waals surface area (Å²) >= 11 is 0. The highest BCUT2D eigenvalue weighted by molar-refractivity contribution is 5.78. The van der Waals surface area contributed by atoms with Crippen LogP contribution in [-0.2, 0) is 11.3 Å². The maximum atomic E-state index is 12.7. The first-order valence-corrected chi connectivity index (χ1v) is 9.32. The fourth-order valence-corrected chi connectivity index (χ4v) is 3.33. The van der Waals surface area contributed by atoms with Crippen LogP contribution in [0.25, 0.3) is 0 Å². The van der Waals surface area contributed by atoms with Crippen LogP contribution in [0, 0.1) is 5.92 Å². The quantitative estimate of drug-likeness (QED) is 0.730. The number of rotatable bonds is 8. The molecule has 1 heterocycles. The van der Waals surface area contributed by atoms with Crippen LogP contribution >= 0.6 is 0 Å². The number of methoxy groups -OCH3 is 1. The lowest BCUT2D eigenvalue weighted by Gasteiger charge is -2.36. The zero-order valence-corrected chi connectivity index (χ0v) is 15.5. The molecule has 1 aliphatic heterocycles. The van der Waals surface area contributed by atoms with Crippen molar-refractivity contribution in [3.8, 4) is 5.75 Å². The topological polar surface area (TPSA) is 32.8 Å². The maximum absolute atomic E-state index is 12.7. The standard InChI is InChI=1S/C20H32N2O2/c1-4-6-7-18(5-2)20(23)22-14-12-21(13-15-22)16-17-8-10-19(24-3)11-9-17/h8-11,18H,4-7,12-16H2,1-3H3. The molecule has 1 amide bonds. The van der Waals surface area contributed by atoms with Gasteiger partial charge in [-0.05, 0) is 30.5 Å². The van der Waals surface area contributed by atoms with Gasteiger partial charge in [0.15, 0.2) is 0 Å². The molecule has 134 valence electrons. The highest BCUT2D eigenvalue weighted by atomic mass is 16.5. The summed E-state index contributed by atoms with van der Waals surface area (Å²) in [5.74, 6) is 1.49. The van der Waals surface area contributed by atoms with Gasteiger partial charge in [-0.15, -0.1) is 0 Å². The fourth-order valence-electron chi connectivity index (χ4n) is 3.33. The van der Waals surface area contributed by atoms with Gasteiger partial charge in [-0.3, -0.25) is 9.69 Å². The zero-order chi connectivity index (χ0) is 17.4. The number of unbranched alkanes of at least 4 members (excludes halogenated alkanes) is 1. The van der Waals surface area contributed by atoms with E-state index in [1.165, 1.54) is 12.0 Å². The third kappa shape index (κ3) is 5.23. The van der Waals surface area contributed by atoms with Gasteiger partial charge in [-0.1, -0.05) is 38.8 Å². The predicted octanol–water partition coefficient (Wildman–Crippen LogP) is 3.56. The summed E-state index contributed by atoms with van der Waals surface area (Å²) in [6.07, 6.45) is 4.32. The predicted molar refractivity (Wildman–Crippen MR) is 98.2 cm³/mol. The van der Waals surface area contributed by atoms with E-state index in [1.807, 2.05) is 12.1 Å². The van der Waals surface area contributed by atoms with E-state index in [-0.39, 0.29) is 5.92 Å². The molecule has 24 heavy (non-hydrogen) atoms. The Morgan fingerprint density at radius 1 is 1.12 bits per heavy atom. The normalized spacial score (nSPS) is 16.9. The molecule has 4 nitrogen and oxygen atoms in total. The summed E-state index contributed by atoms with van der Waals surface area (Å²) in [5.41, 5.74) is 1.30. The molecule has 1 fully saturated rings. The molecule has 0 aromatic heterocycles. The molecule has 0 aliphatic carbocycles. The first-order valence-electron chi connectivity index (χ1n) is 9.32. The number of ether oxygens (including phenoxy) is 1. The molecule has 4 heteroatoms. The summed E-state index contributed by atoms with van der Waals surface area (Å²) in [7, 11) is 1.69. The first kappa shape index (κ1) is 18.8. The third-order valence-electron chi connectivity index (χ3n) is 5.00. The molecule has 0 radical (unpaired) electrons. The van der Waals surface area contributed by atoms with Gasteiger partial charge in [0, 0.05) is 38.6 Å². The van der Waals surface area contributed by atoms with Crippen LogP contribution in [0.5, 0.6) is 5.75 Å². The second kappa shape index (κ2) is 9.67. The van der Waals surface area contributed by atoms with Crippen LogP contribution in [-0.4, -0.2) is 49.0 Å². The van der Waals surface area contributed by atoms with E-state index in [2.05, 4.69) is 35.8 Å². The Morgan fingerprint density at radius 3 is 2.33 bits per heavy atom. The SMILES string of the molecule is CCCCC(CC)C(=O)N1CCN(Cc2ccc(OC)cc2)CC1. The summed E-state index contributed by atoms with van der Waals surface area (Å²) in [5, 5.41) is 0. The molecule has 0 spiro atoms. The molecule has 1 aromatic rings. The van der Waals surface area contributed by atoms with Gasteiger partial charge in [0.1, 0.15) is 5.75 Å². The lowest BCUT2D eigenvalue weighted by molar-refractivity contribution is -0.137. The van der Waals surface area contributed by atoms with Crippen molar-refractivity contribution in [3.05, 3.63) is 29.8 Å². The second-order valence-electron chi connectivity index (χ2n) is 6.70. The molecule has 2 rings (SSSR count). The van der Waals surface area contributed by atoms with Crippen LogP contribution in [0.15, 0.2) is 24.3 Å². The van der Waals surface area contributed by atoms with Crippen molar-refractivity contribution in [2.45, 2.75) is 46.1 Å². The minimum absolute atomic E-state index is 0.220. The smallest absolute Gasteiger partial charge is 0.225 e. The van der Waals surface area contributed by atoms with E-state index in [9.17, 15) is 4.79 Å². The molecule has 0 bridgehead atoms. The molecule has 1 unspecified atom stereocenters. The van der Waals surface area contributed by atoms with Crippen molar-refractivity contribution in [2.75, 3.05) is 33.3 Å². The number of carbonyl (C=O) groups excluding carboxylic acids is 1. The van der Waals surface area contributed by atoms with Gasteiger partial charge in [-0.25, -0.2) is 0 Å². The van der Waals surface area contributed by atoms with Crippen LogP contribution in [0.3, 0.4) is 0 Å². The van der Waals surface area contributed by atoms with Gasteiger partial charge in [0.25, 0.3) is 0 Å². The summed E-state index contributed by atoms with van der Waals surface area (Å²) in [6, 6.07) is 8.26. The van der Waals surface area contributed by atoms with Crippen molar-refractivity contribution in [3.63, 3.8) is 0 Å². The van der Waals surface area contributed by atoms with Gasteiger partial charge >= 0.3 is 0 Å². The van der Waals surface area contributed by atoms with Crippen molar-refractivity contribution in [1.29, 1.82) is 0 Å². The number of piperazine rings is 1. The van der Waals surface area contributed by atoms with E-state index in [1.54, 1.807) is 7.11 Å². The summed E-state index contributed by atoms with van der Waals surface area (Å²) < 4.78 is 5.20. The third-order valence-corrected chi connectivity index (χ3v) is 5.00. The average molecular weight is 332 g/mol. The highest BCUT2D eigenvalue weighted by Gasteiger charge is 2.26. The van der Waals surface area contributed by atoms with Gasteiger partial charge in [-0.2, -0.15) is 0 Å². The molecule has 0 N–H and O–H groups in total. The number of amides is 1. The van der Waals surface area contributed by atoms with Crippen LogP contribution in [0.2, 0.25) is 0 Å².